The van der Waals surface area contributed by atoms with E-state index in [1.54, 1.807) is 0 Å². The molecule has 1 saturated heterocycles. The number of carbonyl (C=O) groups excluding carboxylic acids is 1. The van der Waals surface area contributed by atoms with Crippen LogP contribution in [0.5, 0.6) is 0 Å². The van der Waals surface area contributed by atoms with Gasteiger partial charge in [0.1, 0.15) is 0 Å². The average Bonchev–Trinajstić information content (AvgIpc) is 2.49. The minimum Gasteiger partial charge on any atom is -0.379 e. The lowest BCUT2D eigenvalue weighted by Crippen LogP contribution is -2.39. The molecule has 132 valence electrons. The van der Waals surface area contributed by atoms with E-state index in [0.29, 0.717) is 0 Å². The Morgan fingerprint density at radius 3 is 2.30 bits per heavy atom. The van der Waals surface area contributed by atoms with E-state index in [1.807, 2.05) is 38.1 Å². The fraction of sp³-hybridized carbons (Fsp3) is 0.562. The number of anilines is 1. The topological polar surface area (TPSA) is 67.6 Å². The summed E-state index contributed by atoms with van der Waals surface area (Å²) in [5.41, 5.74) is 7.86. The van der Waals surface area contributed by atoms with Crippen molar-refractivity contribution < 1.29 is 9.53 Å². The summed E-state index contributed by atoms with van der Waals surface area (Å²) in [5, 5.41) is 2.86. The van der Waals surface area contributed by atoms with Crippen molar-refractivity contribution in [1.82, 2.24) is 4.90 Å². The predicted molar refractivity (Wildman–Crippen MR) is 98.5 cm³/mol. The van der Waals surface area contributed by atoms with Gasteiger partial charge < -0.3 is 15.8 Å². The predicted octanol–water partition coefficient (Wildman–Crippen LogP) is 2.28. The van der Waals surface area contributed by atoms with Crippen LogP contribution in [-0.4, -0.2) is 43.2 Å². The fourth-order valence-corrected chi connectivity index (χ4v) is 2.24. The third-order valence-electron chi connectivity index (χ3n) is 3.75. The molecule has 0 bridgehead atoms. The van der Waals surface area contributed by atoms with Gasteiger partial charge in [0.05, 0.1) is 19.3 Å². The number of hydrogen-bond donors (Lipinski definition) is 2. The molecular weight excluding hydrogens is 337 g/mol. The van der Waals surface area contributed by atoms with E-state index in [4.69, 9.17) is 10.5 Å². The lowest BCUT2D eigenvalue weighted by Gasteiger charge is -2.26. The molecule has 0 aromatic heterocycles. The number of nitrogens with one attached hydrogen (secondary N) is 1. The highest BCUT2D eigenvalue weighted by Gasteiger charge is 2.17. The summed E-state index contributed by atoms with van der Waals surface area (Å²) in [6.45, 7) is 8.36. The number of nitrogens with zero attached hydrogens (tertiary/aromatic N) is 1. The van der Waals surface area contributed by atoms with Gasteiger partial charge in [-0.1, -0.05) is 26.0 Å². The monoisotopic (exact) mass is 363 g/mol. The summed E-state index contributed by atoms with van der Waals surface area (Å²) in [7, 11) is 0. The Morgan fingerprint density at radius 1 is 1.22 bits per heavy atom. The highest BCUT2D eigenvalue weighted by molar-refractivity contribution is 5.94. The van der Waals surface area contributed by atoms with Crippen LogP contribution in [0.1, 0.15) is 19.4 Å². The van der Waals surface area contributed by atoms with Gasteiger partial charge in [-0.15, -0.1) is 24.8 Å². The maximum absolute atomic E-state index is 11.9. The van der Waals surface area contributed by atoms with E-state index in [-0.39, 0.29) is 36.6 Å². The molecule has 0 saturated carbocycles. The summed E-state index contributed by atoms with van der Waals surface area (Å²) in [6.07, 6.45) is 0. The molecule has 0 aliphatic carbocycles. The molecule has 1 aliphatic heterocycles. The third kappa shape index (κ3) is 7.06. The number of rotatable bonds is 5. The number of halogens is 2. The van der Waals surface area contributed by atoms with Gasteiger partial charge in [-0.3, -0.25) is 9.69 Å². The first-order chi connectivity index (χ1) is 10.1. The van der Waals surface area contributed by atoms with Crippen molar-refractivity contribution in [3.8, 4) is 0 Å². The van der Waals surface area contributed by atoms with Crippen molar-refractivity contribution in [2.45, 2.75) is 26.4 Å². The van der Waals surface area contributed by atoms with Crippen LogP contribution in [0.15, 0.2) is 24.3 Å². The average molecular weight is 364 g/mol. The smallest absolute Gasteiger partial charge is 0.241 e. The number of morpholine rings is 1. The van der Waals surface area contributed by atoms with Gasteiger partial charge in [-0.05, 0) is 23.6 Å². The van der Waals surface area contributed by atoms with Gasteiger partial charge in [0.15, 0.2) is 0 Å². The molecule has 1 aliphatic rings. The van der Waals surface area contributed by atoms with Gasteiger partial charge in [-0.2, -0.15) is 0 Å². The van der Waals surface area contributed by atoms with Crippen molar-refractivity contribution >= 4 is 36.4 Å². The van der Waals surface area contributed by atoms with Crippen LogP contribution in [0.4, 0.5) is 5.69 Å². The largest absolute Gasteiger partial charge is 0.379 e. The summed E-state index contributed by atoms with van der Waals surface area (Å²) in [6, 6.07) is 7.48. The van der Waals surface area contributed by atoms with Crippen molar-refractivity contribution in [3.05, 3.63) is 29.8 Å². The van der Waals surface area contributed by atoms with E-state index >= 15 is 0 Å². The number of ether oxygens (including phenoxy) is 1. The van der Waals surface area contributed by atoms with Crippen LogP contribution in [-0.2, 0) is 16.1 Å². The van der Waals surface area contributed by atoms with Crippen LogP contribution in [0.2, 0.25) is 0 Å². The molecule has 1 fully saturated rings. The molecule has 1 amide bonds. The van der Waals surface area contributed by atoms with Crippen molar-refractivity contribution in [3.63, 3.8) is 0 Å². The van der Waals surface area contributed by atoms with E-state index in [2.05, 4.69) is 10.2 Å². The lowest BCUT2D eigenvalue weighted by molar-refractivity contribution is -0.118. The minimum absolute atomic E-state index is 0. The zero-order valence-electron chi connectivity index (χ0n) is 13.7. The molecular formula is C16H27Cl2N3O2. The molecule has 7 heteroatoms. The molecule has 1 unspecified atom stereocenters. The number of carbonyl (C=O) groups is 1. The van der Waals surface area contributed by atoms with E-state index in [1.165, 1.54) is 5.56 Å². The van der Waals surface area contributed by atoms with Crippen molar-refractivity contribution in [2.24, 2.45) is 11.7 Å². The van der Waals surface area contributed by atoms with Crippen molar-refractivity contribution in [2.75, 3.05) is 31.6 Å². The Balaban J connectivity index is 0.00000242. The van der Waals surface area contributed by atoms with Gasteiger partial charge in [0.2, 0.25) is 5.91 Å². The van der Waals surface area contributed by atoms with Crippen LogP contribution in [0.3, 0.4) is 0 Å². The van der Waals surface area contributed by atoms with Crippen molar-refractivity contribution in [1.29, 1.82) is 0 Å². The zero-order chi connectivity index (χ0) is 15.2. The Kier molecular flexibility index (Phi) is 10.4. The Hall–Kier alpha value is -0.850. The SMILES string of the molecule is CC(C)C(N)C(=O)Nc1ccc(CN2CCOCC2)cc1.Cl.Cl. The molecule has 5 nitrogen and oxygen atoms in total. The number of benzene rings is 1. The fourth-order valence-electron chi connectivity index (χ4n) is 2.24. The van der Waals surface area contributed by atoms with Crippen LogP contribution >= 0.6 is 24.8 Å². The molecule has 1 aromatic carbocycles. The zero-order valence-corrected chi connectivity index (χ0v) is 15.3. The lowest BCUT2D eigenvalue weighted by atomic mass is 10.0. The molecule has 23 heavy (non-hydrogen) atoms. The molecule has 0 spiro atoms. The normalized spacial score (nSPS) is 16.2. The Labute approximate surface area is 150 Å². The Bertz CT molecular complexity index is 463. The summed E-state index contributed by atoms with van der Waals surface area (Å²) in [5.74, 6) is -0.00322. The molecule has 1 aromatic rings. The second-order valence-corrected chi connectivity index (χ2v) is 5.84. The first-order valence-electron chi connectivity index (χ1n) is 7.52. The maximum atomic E-state index is 11.9. The number of amides is 1. The highest BCUT2D eigenvalue weighted by atomic mass is 35.5. The number of nitrogens with two attached hydrogens (primary N) is 1. The summed E-state index contributed by atoms with van der Waals surface area (Å²) in [4.78, 5) is 14.3. The molecule has 1 atom stereocenters. The van der Waals surface area contributed by atoms with Gasteiger partial charge in [0.25, 0.3) is 0 Å². The number of hydrogen-bond acceptors (Lipinski definition) is 4. The van der Waals surface area contributed by atoms with Gasteiger partial charge in [0, 0.05) is 25.3 Å². The quantitative estimate of drug-likeness (QED) is 0.841. The van der Waals surface area contributed by atoms with Crippen LogP contribution in [0.25, 0.3) is 0 Å². The maximum Gasteiger partial charge on any atom is 0.241 e. The summed E-state index contributed by atoms with van der Waals surface area (Å²) < 4.78 is 5.34. The highest BCUT2D eigenvalue weighted by Crippen LogP contribution is 2.13. The van der Waals surface area contributed by atoms with Gasteiger partial charge in [-0.25, -0.2) is 0 Å². The van der Waals surface area contributed by atoms with E-state index in [9.17, 15) is 4.79 Å². The third-order valence-corrected chi connectivity index (χ3v) is 3.75. The van der Waals surface area contributed by atoms with E-state index < -0.39 is 6.04 Å². The van der Waals surface area contributed by atoms with Crippen LogP contribution < -0.4 is 11.1 Å². The first kappa shape index (κ1) is 22.1. The summed E-state index contributed by atoms with van der Waals surface area (Å²) >= 11 is 0. The Morgan fingerprint density at radius 2 is 1.78 bits per heavy atom. The minimum atomic E-state index is -0.474. The van der Waals surface area contributed by atoms with Crippen LogP contribution in [0, 0.1) is 5.92 Å². The molecule has 1 heterocycles. The molecule has 3 N–H and O–H groups in total. The second kappa shape index (κ2) is 10.8. The van der Waals surface area contributed by atoms with E-state index in [0.717, 1.165) is 38.5 Å². The molecule has 0 radical (unpaired) electrons. The second-order valence-electron chi connectivity index (χ2n) is 5.84. The first-order valence-corrected chi connectivity index (χ1v) is 7.52. The standard InChI is InChI=1S/C16H25N3O2.2ClH/c1-12(2)15(17)16(20)18-14-5-3-13(4-6-14)11-19-7-9-21-10-8-19;;/h3-6,12,15H,7-11,17H2,1-2H3,(H,18,20);2*1H. The van der Waals surface area contributed by atoms with Gasteiger partial charge >= 0.3 is 0 Å². The molecule has 2 rings (SSSR count).